The van der Waals surface area contributed by atoms with Gasteiger partial charge >= 0.3 is 0 Å². The Hall–Kier alpha value is -1.57. The van der Waals surface area contributed by atoms with Crippen LogP contribution in [0.3, 0.4) is 0 Å². The molecule has 0 aromatic carbocycles. The number of hydrogen-bond donors (Lipinski definition) is 0. The molecule has 0 atom stereocenters. The molecule has 1 aliphatic rings. The summed E-state index contributed by atoms with van der Waals surface area (Å²) < 4.78 is 0. The van der Waals surface area contributed by atoms with Crippen molar-refractivity contribution < 1.29 is 4.79 Å². The number of Topliss-reactive ketones (excluding diaryl/α,β-unsaturated/α-hetero) is 1. The van der Waals surface area contributed by atoms with Gasteiger partial charge in [0.15, 0.2) is 5.78 Å². The molecule has 2 heteroatoms. The number of rotatable bonds is 3. The highest BCUT2D eigenvalue weighted by Gasteiger charge is 2.18. The summed E-state index contributed by atoms with van der Waals surface area (Å²) in [6.07, 6.45) is 14.5. The van der Waals surface area contributed by atoms with E-state index in [1.807, 2.05) is 62.5 Å². The average molecular weight is 231 g/mol. The fraction of sp³-hybridized carbons (Fsp3) is 0.400. The first-order chi connectivity index (χ1) is 8.15. The van der Waals surface area contributed by atoms with E-state index in [-0.39, 0.29) is 5.78 Å². The molecule has 0 aliphatic heterocycles. The van der Waals surface area contributed by atoms with Crippen molar-refractivity contribution in [2.45, 2.75) is 26.2 Å². The van der Waals surface area contributed by atoms with Crippen LogP contribution in [0.5, 0.6) is 0 Å². The normalized spacial score (nSPS) is 22.2. The van der Waals surface area contributed by atoms with Crippen LogP contribution in [0.15, 0.2) is 47.7 Å². The van der Waals surface area contributed by atoms with Crippen molar-refractivity contribution in [3.05, 3.63) is 47.7 Å². The van der Waals surface area contributed by atoms with Crippen LogP contribution in [-0.4, -0.2) is 24.8 Å². The lowest BCUT2D eigenvalue weighted by Gasteiger charge is -2.15. The number of carbonyl (C=O) groups excluding carboxylic acids is 1. The van der Waals surface area contributed by atoms with Crippen molar-refractivity contribution in [3.63, 3.8) is 0 Å². The molecule has 0 saturated heterocycles. The van der Waals surface area contributed by atoms with Crippen LogP contribution in [0, 0.1) is 0 Å². The van der Waals surface area contributed by atoms with E-state index < -0.39 is 0 Å². The van der Waals surface area contributed by atoms with Crippen molar-refractivity contribution in [1.82, 2.24) is 4.90 Å². The van der Waals surface area contributed by atoms with Crippen molar-refractivity contribution in [2.24, 2.45) is 0 Å². The van der Waals surface area contributed by atoms with Gasteiger partial charge in [-0.3, -0.25) is 4.79 Å². The summed E-state index contributed by atoms with van der Waals surface area (Å²) in [7, 11) is 3.93. The Kier molecular flexibility index (Phi) is 5.47. The van der Waals surface area contributed by atoms with Crippen molar-refractivity contribution in [1.29, 1.82) is 0 Å². The van der Waals surface area contributed by atoms with E-state index in [9.17, 15) is 4.79 Å². The standard InChI is InChI=1S/C15H21NO/c1-4-5-8-13-9-6-10-14(15(13)17)11-7-12-16(2)3/h4-5,7-8,11-12H,6,9-10H2,1-3H3/b5-4+,12-7+,13-8+,14-11+. The minimum atomic E-state index is 0.206. The molecule has 0 aromatic heterocycles. The largest absolute Gasteiger partial charge is 0.383 e. The summed E-state index contributed by atoms with van der Waals surface area (Å²) in [6, 6.07) is 0. The van der Waals surface area contributed by atoms with Crippen molar-refractivity contribution in [3.8, 4) is 0 Å². The summed E-state index contributed by atoms with van der Waals surface area (Å²) in [5.41, 5.74) is 1.85. The lowest BCUT2D eigenvalue weighted by atomic mass is 9.88. The lowest BCUT2D eigenvalue weighted by molar-refractivity contribution is -0.113. The van der Waals surface area contributed by atoms with Gasteiger partial charge in [-0.25, -0.2) is 0 Å². The molecule has 0 aromatic rings. The van der Waals surface area contributed by atoms with E-state index >= 15 is 0 Å². The number of nitrogens with zero attached hydrogens (tertiary/aromatic N) is 1. The molecule has 1 aliphatic carbocycles. The molecule has 2 nitrogen and oxygen atoms in total. The highest BCUT2D eigenvalue weighted by molar-refractivity contribution is 6.09. The van der Waals surface area contributed by atoms with Crippen LogP contribution in [-0.2, 0) is 4.79 Å². The Morgan fingerprint density at radius 2 is 1.65 bits per heavy atom. The molecule has 17 heavy (non-hydrogen) atoms. The second-order valence-electron chi connectivity index (χ2n) is 4.40. The fourth-order valence-electron chi connectivity index (χ4n) is 1.76. The van der Waals surface area contributed by atoms with E-state index in [0.29, 0.717) is 0 Å². The SMILES string of the molecule is C/C=C/C=C1\CCC/C(=C\C=C\N(C)C)C1=O. The molecule has 0 radical (unpaired) electrons. The summed E-state index contributed by atoms with van der Waals surface area (Å²) >= 11 is 0. The fourth-order valence-corrected chi connectivity index (χ4v) is 1.76. The Morgan fingerprint density at radius 1 is 1.06 bits per heavy atom. The second-order valence-corrected chi connectivity index (χ2v) is 4.40. The highest BCUT2D eigenvalue weighted by atomic mass is 16.1. The summed E-state index contributed by atoms with van der Waals surface area (Å²) in [6.45, 7) is 1.96. The first-order valence-electron chi connectivity index (χ1n) is 6.05. The third kappa shape index (κ3) is 4.43. The molecular formula is C15H21NO. The van der Waals surface area contributed by atoms with Gasteiger partial charge in [0, 0.05) is 14.1 Å². The van der Waals surface area contributed by atoms with Gasteiger partial charge in [0.25, 0.3) is 0 Å². The van der Waals surface area contributed by atoms with Crippen LogP contribution < -0.4 is 0 Å². The maximum Gasteiger partial charge on any atom is 0.184 e. The van der Waals surface area contributed by atoms with Crippen molar-refractivity contribution >= 4 is 5.78 Å². The Balaban J connectivity index is 2.78. The average Bonchev–Trinajstić information content (AvgIpc) is 2.29. The highest BCUT2D eigenvalue weighted by Crippen LogP contribution is 2.24. The van der Waals surface area contributed by atoms with E-state index in [1.165, 1.54) is 0 Å². The molecule has 0 spiro atoms. The maximum absolute atomic E-state index is 12.1. The van der Waals surface area contributed by atoms with Crippen molar-refractivity contribution in [2.75, 3.05) is 14.1 Å². The van der Waals surface area contributed by atoms with Crippen LogP contribution in [0.4, 0.5) is 0 Å². The van der Waals surface area contributed by atoms with Crippen LogP contribution in [0.1, 0.15) is 26.2 Å². The van der Waals surface area contributed by atoms with Crippen LogP contribution in [0.25, 0.3) is 0 Å². The van der Waals surface area contributed by atoms with Crippen LogP contribution >= 0.6 is 0 Å². The third-order valence-electron chi connectivity index (χ3n) is 2.65. The zero-order valence-electron chi connectivity index (χ0n) is 10.9. The zero-order chi connectivity index (χ0) is 12.7. The van der Waals surface area contributed by atoms with E-state index in [1.54, 1.807) is 0 Å². The molecule has 1 fully saturated rings. The van der Waals surface area contributed by atoms with Gasteiger partial charge in [0.2, 0.25) is 0 Å². The molecule has 0 heterocycles. The third-order valence-corrected chi connectivity index (χ3v) is 2.65. The van der Waals surface area contributed by atoms with Gasteiger partial charge in [-0.1, -0.05) is 24.3 Å². The van der Waals surface area contributed by atoms with E-state index in [0.717, 1.165) is 30.4 Å². The zero-order valence-corrected chi connectivity index (χ0v) is 10.9. The number of ketones is 1. The lowest BCUT2D eigenvalue weighted by Crippen LogP contribution is -2.12. The summed E-state index contributed by atoms with van der Waals surface area (Å²) in [4.78, 5) is 14.0. The minimum absolute atomic E-state index is 0.206. The Morgan fingerprint density at radius 3 is 2.18 bits per heavy atom. The number of hydrogen-bond acceptors (Lipinski definition) is 2. The molecule has 0 N–H and O–H groups in total. The van der Waals surface area contributed by atoms with Gasteiger partial charge in [0.1, 0.15) is 0 Å². The van der Waals surface area contributed by atoms with Crippen LogP contribution in [0.2, 0.25) is 0 Å². The number of carbonyl (C=O) groups is 1. The molecule has 0 bridgehead atoms. The first kappa shape index (κ1) is 13.5. The topological polar surface area (TPSA) is 20.3 Å². The summed E-state index contributed by atoms with van der Waals surface area (Å²) in [5.74, 6) is 0.206. The minimum Gasteiger partial charge on any atom is -0.383 e. The quantitative estimate of drug-likeness (QED) is 0.695. The molecule has 0 amide bonds. The van der Waals surface area contributed by atoms with E-state index in [4.69, 9.17) is 0 Å². The number of allylic oxidation sites excluding steroid dienone is 7. The first-order valence-corrected chi connectivity index (χ1v) is 6.05. The summed E-state index contributed by atoms with van der Waals surface area (Å²) in [5, 5.41) is 0. The Bertz CT molecular complexity index is 384. The monoisotopic (exact) mass is 231 g/mol. The van der Waals surface area contributed by atoms with Gasteiger partial charge in [-0.15, -0.1) is 0 Å². The van der Waals surface area contributed by atoms with Gasteiger partial charge in [0.05, 0.1) is 0 Å². The molecule has 92 valence electrons. The Labute approximate surface area is 104 Å². The predicted octanol–water partition coefficient (Wildman–Crippen LogP) is 3.24. The van der Waals surface area contributed by atoms with Gasteiger partial charge in [-0.05, 0) is 49.6 Å². The molecule has 1 saturated carbocycles. The second kappa shape index (κ2) is 6.89. The van der Waals surface area contributed by atoms with E-state index in [2.05, 4.69) is 0 Å². The smallest absolute Gasteiger partial charge is 0.184 e. The molecule has 0 unspecified atom stereocenters. The molecular weight excluding hydrogens is 210 g/mol. The van der Waals surface area contributed by atoms with Gasteiger partial charge < -0.3 is 4.90 Å². The molecule has 1 rings (SSSR count). The van der Waals surface area contributed by atoms with Gasteiger partial charge in [-0.2, -0.15) is 0 Å². The predicted molar refractivity (Wildman–Crippen MR) is 72.7 cm³/mol. The maximum atomic E-state index is 12.1.